The quantitative estimate of drug-likeness (QED) is 0.787. The van der Waals surface area contributed by atoms with Crippen LogP contribution >= 0.6 is 0 Å². The fourth-order valence-corrected chi connectivity index (χ4v) is 2.24. The van der Waals surface area contributed by atoms with Crippen LogP contribution in [0.1, 0.15) is 43.6 Å². The number of carbonyl (C=O) groups is 2. The Bertz CT molecular complexity index is 750. The van der Waals surface area contributed by atoms with Crippen LogP contribution in [0.5, 0.6) is 0 Å². The number of rotatable bonds is 6. The van der Waals surface area contributed by atoms with Crippen LogP contribution in [-0.2, 0) is 20.9 Å². The predicted octanol–water partition coefficient (Wildman–Crippen LogP) is 4.19. The van der Waals surface area contributed by atoms with E-state index in [4.69, 9.17) is 9.47 Å². The molecule has 0 amide bonds. The molecule has 1 N–H and O–H groups in total. The molecule has 138 valence electrons. The van der Waals surface area contributed by atoms with Crippen molar-refractivity contribution in [3.05, 3.63) is 65.7 Å². The highest BCUT2D eigenvalue weighted by molar-refractivity contribution is 5.90. The minimum absolute atomic E-state index is 0.214. The molecule has 0 radical (unpaired) electrons. The van der Waals surface area contributed by atoms with E-state index in [9.17, 15) is 9.59 Å². The number of ether oxygens (including phenoxy) is 2. The molecule has 0 aromatic heterocycles. The van der Waals surface area contributed by atoms with Crippen molar-refractivity contribution in [1.82, 2.24) is 0 Å². The first-order valence-electron chi connectivity index (χ1n) is 8.55. The lowest BCUT2D eigenvalue weighted by Crippen LogP contribution is -2.34. The van der Waals surface area contributed by atoms with E-state index in [2.05, 4.69) is 5.32 Å². The Morgan fingerprint density at radius 3 is 2.38 bits per heavy atom. The van der Waals surface area contributed by atoms with E-state index in [1.54, 1.807) is 31.2 Å². The summed E-state index contributed by atoms with van der Waals surface area (Å²) in [6.45, 7) is 7.39. The molecule has 1 atom stereocenters. The topological polar surface area (TPSA) is 64.6 Å². The molecule has 0 aliphatic heterocycles. The van der Waals surface area contributed by atoms with E-state index in [-0.39, 0.29) is 12.6 Å². The van der Waals surface area contributed by atoms with Gasteiger partial charge in [-0.2, -0.15) is 0 Å². The Kier molecular flexibility index (Phi) is 6.39. The molecule has 0 saturated carbocycles. The third kappa shape index (κ3) is 6.24. The van der Waals surface area contributed by atoms with Gasteiger partial charge < -0.3 is 14.8 Å². The molecule has 5 heteroatoms. The maximum Gasteiger partial charge on any atom is 0.338 e. The number of benzene rings is 2. The van der Waals surface area contributed by atoms with Gasteiger partial charge in [0.25, 0.3) is 0 Å². The fraction of sp³-hybridized carbons (Fsp3) is 0.333. The summed E-state index contributed by atoms with van der Waals surface area (Å²) in [5, 5.41) is 3.05. The van der Waals surface area contributed by atoms with Gasteiger partial charge in [0.05, 0.1) is 5.56 Å². The molecule has 0 aliphatic rings. The van der Waals surface area contributed by atoms with Crippen molar-refractivity contribution in [2.75, 3.05) is 5.32 Å². The zero-order valence-electron chi connectivity index (χ0n) is 15.6. The van der Waals surface area contributed by atoms with Crippen molar-refractivity contribution in [3.8, 4) is 0 Å². The molecule has 2 rings (SSSR count). The number of hydrogen-bond acceptors (Lipinski definition) is 5. The number of carbonyl (C=O) groups excluding carboxylic acids is 2. The van der Waals surface area contributed by atoms with Crippen LogP contribution in [0.3, 0.4) is 0 Å². The minimum atomic E-state index is -0.546. The summed E-state index contributed by atoms with van der Waals surface area (Å²) in [5.41, 5.74) is 1.45. The van der Waals surface area contributed by atoms with Gasteiger partial charge in [0, 0.05) is 5.69 Å². The van der Waals surface area contributed by atoms with Gasteiger partial charge in [-0.25, -0.2) is 9.59 Å². The maximum absolute atomic E-state index is 12.2. The van der Waals surface area contributed by atoms with Gasteiger partial charge in [-0.05, 0) is 51.5 Å². The SMILES string of the molecule is C[C@H](Nc1cccc(C(=O)OCc2ccccc2)c1)C(=O)OC(C)(C)C. The number of esters is 2. The van der Waals surface area contributed by atoms with Crippen molar-refractivity contribution in [3.63, 3.8) is 0 Å². The molecule has 0 spiro atoms. The summed E-state index contributed by atoms with van der Waals surface area (Å²) in [5.74, 6) is -0.767. The van der Waals surface area contributed by atoms with Crippen LogP contribution in [0.25, 0.3) is 0 Å². The zero-order valence-corrected chi connectivity index (χ0v) is 15.6. The first-order chi connectivity index (χ1) is 12.2. The second kappa shape index (κ2) is 8.52. The lowest BCUT2D eigenvalue weighted by atomic mass is 10.1. The van der Waals surface area contributed by atoms with Crippen molar-refractivity contribution in [2.45, 2.75) is 45.9 Å². The lowest BCUT2D eigenvalue weighted by Gasteiger charge is -2.23. The van der Waals surface area contributed by atoms with Crippen LogP contribution in [-0.4, -0.2) is 23.6 Å². The molecule has 0 bridgehead atoms. The minimum Gasteiger partial charge on any atom is -0.458 e. The number of anilines is 1. The Hall–Kier alpha value is -2.82. The monoisotopic (exact) mass is 355 g/mol. The molecular formula is C21H25NO4. The van der Waals surface area contributed by atoms with Crippen molar-refractivity contribution in [1.29, 1.82) is 0 Å². The molecule has 26 heavy (non-hydrogen) atoms. The second-order valence-electron chi connectivity index (χ2n) is 7.04. The number of hydrogen-bond donors (Lipinski definition) is 1. The van der Waals surface area contributed by atoms with Gasteiger partial charge >= 0.3 is 11.9 Å². The molecule has 0 aliphatic carbocycles. The summed E-state index contributed by atoms with van der Waals surface area (Å²) in [6.07, 6.45) is 0. The highest BCUT2D eigenvalue weighted by Crippen LogP contribution is 2.15. The lowest BCUT2D eigenvalue weighted by molar-refractivity contribution is -0.155. The largest absolute Gasteiger partial charge is 0.458 e. The van der Waals surface area contributed by atoms with Gasteiger partial charge in [-0.15, -0.1) is 0 Å². The van der Waals surface area contributed by atoms with Gasteiger partial charge in [-0.1, -0.05) is 36.4 Å². The van der Waals surface area contributed by atoms with Crippen LogP contribution < -0.4 is 5.32 Å². The second-order valence-corrected chi connectivity index (χ2v) is 7.04. The number of nitrogens with one attached hydrogen (secondary N) is 1. The van der Waals surface area contributed by atoms with Gasteiger partial charge in [0.2, 0.25) is 0 Å². The Morgan fingerprint density at radius 2 is 1.73 bits per heavy atom. The molecule has 0 fully saturated rings. The third-order valence-corrected chi connectivity index (χ3v) is 3.45. The van der Waals surface area contributed by atoms with E-state index in [1.165, 1.54) is 0 Å². The van der Waals surface area contributed by atoms with E-state index in [0.717, 1.165) is 5.56 Å². The summed E-state index contributed by atoms with van der Waals surface area (Å²) in [7, 11) is 0. The molecule has 0 unspecified atom stereocenters. The highest BCUT2D eigenvalue weighted by Gasteiger charge is 2.21. The molecule has 2 aromatic rings. The molecular weight excluding hydrogens is 330 g/mol. The predicted molar refractivity (Wildman–Crippen MR) is 101 cm³/mol. The summed E-state index contributed by atoms with van der Waals surface area (Å²) < 4.78 is 10.7. The smallest absolute Gasteiger partial charge is 0.338 e. The van der Waals surface area contributed by atoms with Crippen molar-refractivity contribution in [2.24, 2.45) is 0 Å². The average molecular weight is 355 g/mol. The van der Waals surface area contributed by atoms with Gasteiger partial charge in [0.1, 0.15) is 18.2 Å². The summed E-state index contributed by atoms with van der Waals surface area (Å²) in [4.78, 5) is 24.3. The molecule has 2 aromatic carbocycles. The summed E-state index contributed by atoms with van der Waals surface area (Å²) in [6, 6.07) is 15.8. The first kappa shape index (κ1) is 19.5. The Morgan fingerprint density at radius 1 is 1.04 bits per heavy atom. The van der Waals surface area contributed by atoms with Crippen LogP contribution in [0.4, 0.5) is 5.69 Å². The molecule has 0 heterocycles. The average Bonchev–Trinajstić information content (AvgIpc) is 2.59. The fourth-order valence-electron chi connectivity index (χ4n) is 2.24. The normalized spacial score (nSPS) is 12.2. The van der Waals surface area contributed by atoms with E-state index < -0.39 is 17.6 Å². The standard InChI is InChI=1S/C21H25NO4/c1-15(19(23)26-21(2,3)4)22-18-12-8-11-17(13-18)20(24)25-14-16-9-6-5-7-10-16/h5-13,15,22H,14H2,1-4H3/t15-/m0/s1. The van der Waals surface area contributed by atoms with Crippen LogP contribution in [0.2, 0.25) is 0 Å². The van der Waals surface area contributed by atoms with E-state index in [1.807, 2.05) is 51.1 Å². The van der Waals surface area contributed by atoms with Crippen LogP contribution in [0, 0.1) is 0 Å². The molecule has 5 nitrogen and oxygen atoms in total. The Labute approximate surface area is 154 Å². The maximum atomic E-state index is 12.2. The van der Waals surface area contributed by atoms with Gasteiger partial charge in [-0.3, -0.25) is 0 Å². The van der Waals surface area contributed by atoms with Crippen molar-refractivity contribution >= 4 is 17.6 Å². The van der Waals surface area contributed by atoms with Crippen molar-refractivity contribution < 1.29 is 19.1 Å². The zero-order chi connectivity index (χ0) is 19.2. The highest BCUT2D eigenvalue weighted by atomic mass is 16.6. The van der Waals surface area contributed by atoms with E-state index >= 15 is 0 Å². The summed E-state index contributed by atoms with van der Waals surface area (Å²) >= 11 is 0. The van der Waals surface area contributed by atoms with E-state index in [0.29, 0.717) is 11.3 Å². The first-order valence-corrected chi connectivity index (χ1v) is 8.55. The molecule has 0 saturated heterocycles. The van der Waals surface area contributed by atoms with Gasteiger partial charge in [0.15, 0.2) is 0 Å². The van der Waals surface area contributed by atoms with Crippen LogP contribution in [0.15, 0.2) is 54.6 Å². The Balaban J connectivity index is 1.96. The third-order valence-electron chi connectivity index (χ3n) is 3.45.